The van der Waals surface area contributed by atoms with Crippen molar-refractivity contribution < 1.29 is 23.8 Å². The first-order chi connectivity index (χ1) is 12.5. The summed E-state index contributed by atoms with van der Waals surface area (Å²) in [5.74, 6) is 1.10. The Morgan fingerprint density at radius 1 is 1.12 bits per heavy atom. The predicted molar refractivity (Wildman–Crippen MR) is 94.4 cm³/mol. The van der Waals surface area contributed by atoms with Gasteiger partial charge in [-0.2, -0.15) is 0 Å². The fourth-order valence-electron chi connectivity index (χ4n) is 2.56. The van der Waals surface area contributed by atoms with Gasteiger partial charge in [-0.15, -0.1) is 0 Å². The Morgan fingerprint density at radius 2 is 1.81 bits per heavy atom. The summed E-state index contributed by atoms with van der Waals surface area (Å²) in [4.78, 5) is 23.1. The Kier molecular flexibility index (Phi) is 5.26. The van der Waals surface area contributed by atoms with Gasteiger partial charge in [0.25, 0.3) is 5.91 Å². The number of primary amides is 1. The van der Waals surface area contributed by atoms with E-state index in [4.69, 9.17) is 19.9 Å². The molecule has 7 nitrogen and oxygen atoms in total. The summed E-state index contributed by atoms with van der Waals surface area (Å²) in [5, 5.41) is 2.87. The maximum atomic E-state index is 12.1. The number of carbonyl (C=O) groups excluding carboxylic acids is 2. The number of rotatable bonds is 6. The maximum absolute atomic E-state index is 12.1. The van der Waals surface area contributed by atoms with Gasteiger partial charge in [-0.3, -0.25) is 9.59 Å². The van der Waals surface area contributed by atoms with Crippen LogP contribution >= 0.6 is 0 Å². The first-order valence-corrected chi connectivity index (χ1v) is 8.24. The third kappa shape index (κ3) is 4.24. The molecule has 0 bridgehead atoms. The number of benzene rings is 2. The van der Waals surface area contributed by atoms with Crippen molar-refractivity contribution in [3.63, 3.8) is 0 Å². The second kappa shape index (κ2) is 7.77. The highest BCUT2D eigenvalue weighted by atomic mass is 16.6. The number of hydrogen-bond donors (Lipinski definition) is 2. The molecule has 1 heterocycles. The normalized spacial score (nSPS) is 13.6. The number of ether oxygens (including phenoxy) is 3. The maximum Gasteiger partial charge on any atom is 0.258 e. The number of nitrogens with one attached hydrogen (secondary N) is 1. The van der Waals surface area contributed by atoms with Crippen LogP contribution in [0.3, 0.4) is 0 Å². The number of carbonyl (C=O) groups is 2. The lowest BCUT2D eigenvalue weighted by molar-refractivity contribution is -0.123. The summed E-state index contributed by atoms with van der Waals surface area (Å²) < 4.78 is 16.5. The van der Waals surface area contributed by atoms with Crippen molar-refractivity contribution in [1.82, 2.24) is 5.32 Å². The Labute approximate surface area is 151 Å². The van der Waals surface area contributed by atoms with Gasteiger partial charge in [-0.1, -0.05) is 6.07 Å². The highest BCUT2D eigenvalue weighted by Gasteiger charge is 2.16. The van der Waals surface area contributed by atoms with Crippen LogP contribution in [0.1, 0.15) is 28.9 Å². The lowest BCUT2D eigenvalue weighted by Gasteiger charge is -2.21. The molecule has 3 N–H and O–H groups in total. The fourth-order valence-corrected chi connectivity index (χ4v) is 2.56. The largest absolute Gasteiger partial charge is 0.486 e. The minimum Gasteiger partial charge on any atom is -0.486 e. The van der Waals surface area contributed by atoms with E-state index in [2.05, 4.69) is 5.32 Å². The van der Waals surface area contributed by atoms with Gasteiger partial charge in [0.1, 0.15) is 19.0 Å². The van der Waals surface area contributed by atoms with Crippen LogP contribution in [0.5, 0.6) is 17.2 Å². The summed E-state index contributed by atoms with van der Waals surface area (Å²) in [7, 11) is 0. The molecule has 0 fully saturated rings. The zero-order valence-electron chi connectivity index (χ0n) is 14.4. The second-order valence-corrected chi connectivity index (χ2v) is 5.87. The van der Waals surface area contributed by atoms with E-state index < -0.39 is 5.91 Å². The zero-order valence-corrected chi connectivity index (χ0v) is 14.4. The quantitative estimate of drug-likeness (QED) is 0.822. The molecule has 2 aromatic rings. The van der Waals surface area contributed by atoms with Crippen LogP contribution in [-0.2, 0) is 4.79 Å². The van der Waals surface area contributed by atoms with Crippen molar-refractivity contribution in [1.29, 1.82) is 0 Å². The zero-order chi connectivity index (χ0) is 18.5. The van der Waals surface area contributed by atoms with Gasteiger partial charge >= 0.3 is 0 Å². The summed E-state index contributed by atoms with van der Waals surface area (Å²) in [6, 6.07) is 11.7. The molecule has 7 heteroatoms. The van der Waals surface area contributed by atoms with Gasteiger partial charge < -0.3 is 25.3 Å². The average molecular weight is 356 g/mol. The van der Waals surface area contributed by atoms with Crippen molar-refractivity contribution in [3.05, 3.63) is 53.6 Å². The monoisotopic (exact) mass is 356 g/mol. The lowest BCUT2D eigenvalue weighted by atomic mass is 10.1. The van der Waals surface area contributed by atoms with Crippen LogP contribution in [0.25, 0.3) is 0 Å². The molecule has 2 aromatic carbocycles. The number of nitrogens with two attached hydrogens (primary N) is 1. The van der Waals surface area contributed by atoms with E-state index in [-0.39, 0.29) is 18.6 Å². The van der Waals surface area contributed by atoms with E-state index in [1.54, 1.807) is 24.3 Å². The molecule has 0 saturated heterocycles. The molecule has 0 unspecified atom stereocenters. The molecule has 0 radical (unpaired) electrons. The Morgan fingerprint density at radius 3 is 2.50 bits per heavy atom. The molecular formula is C19H20N2O5. The van der Waals surface area contributed by atoms with Crippen LogP contribution in [0.2, 0.25) is 0 Å². The number of hydrogen-bond acceptors (Lipinski definition) is 5. The first-order valence-electron chi connectivity index (χ1n) is 8.24. The molecule has 1 aliphatic rings. The van der Waals surface area contributed by atoms with Crippen LogP contribution in [0, 0.1) is 0 Å². The second-order valence-electron chi connectivity index (χ2n) is 5.87. The van der Waals surface area contributed by atoms with E-state index in [0.717, 1.165) is 5.56 Å². The summed E-state index contributed by atoms with van der Waals surface area (Å²) in [6.45, 7) is 2.80. The van der Waals surface area contributed by atoms with Crippen molar-refractivity contribution in [2.45, 2.75) is 13.0 Å². The van der Waals surface area contributed by atoms with Crippen LogP contribution in [0.4, 0.5) is 0 Å². The fraction of sp³-hybridized carbons (Fsp3) is 0.263. The van der Waals surface area contributed by atoms with Crippen LogP contribution in [0.15, 0.2) is 42.5 Å². The number of fused-ring (bicyclic) bond motifs is 1. The van der Waals surface area contributed by atoms with E-state index >= 15 is 0 Å². The molecule has 0 aromatic heterocycles. The van der Waals surface area contributed by atoms with E-state index in [9.17, 15) is 9.59 Å². The van der Waals surface area contributed by atoms with Gasteiger partial charge in [-0.05, 0) is 48.9 Å². The molecule has 1 atom stereocenters. The SMILES string of the molecule is C[C@H](NC(=O)COc1ccc(C(N)=O)cc1)c1ccc2c(c1)OCCO2. The summed E-state index contributed by atoms with van der Waals surface area (Å²) in [5.41, 5.74) is 6.47. The van der Waals surface area contributed by atoms with Gasteiger partial charge in [0.15, 0.2) is 18.1 Å². The van der Waals surface area contributed by atoms with Gasteiger partial charge in [0.2, 0.25) is 5.91 Å². The third-order valence-electron chi connectivity index (χ3n) is 3.95. The molecule has 3 rings (SSSR count). The van der Waals surface area contributed by atoms with E-state index in [0.29, 0.717) is 36.0 Å². The number of amides is 2. The van der Waals surface area contributed by atoms with Gasteiger partial charge in [-0.25, -0.2) is 0 Å². The smallest absolute Gasteiger partial charge is 0.258 e. The molecule has 0 spiro atoms. The van der Waals surface area contributed by atoms with E-state index in [1.165, 1.54) is 0 Å². The van der Waals surface area contributed by atoms with Crippen molar-refractivity contribution >= 4 is 11.8 Å². The van der Waals surface area contributed by atoms with E-state index in [1.807, 2.05) is 25.1 Å². The van der Waals surface area contributed by atoms with Crippen molar-refractivity contribution in [2.75, 3.05) is 19.8 Å². The highest BCUT2D eigenvalue weighted by Crippen LogP contribution is 2.32. The molecule has 1 aliphatic heterocycles. The molecule has 2 amide bonds. The van der Waals surface area contributed by atoms with Crippen molar-refractivity contribution in [3.8, 4) is 17.2 Å². The Balaban J connectivity index is 1.53. The summed E-state index contributed by atoms with van der Waals surface area (Å²) >= 11 is 0. The molecular weight excluding hydrogens is 336 g/mol. The molecule has 0 aliphatic carbocycles. The summed E-state index contributed by atoms with van der Waals surface area (Å²) in [6.07, 6.45) is 0. The molecule has 26 heavy (non-hydrogen) atoms. The standard InChI is InChI=1S/C19H20N2O5/c1-12(14-4-7-16-17(10-14)25-9-8-24-16)21-18(22)11-26-15-5-2-13(3-6-15)19(20)23/h2-7,10,12H,8-9,11H2,1H3,(H2,20,23)(H,21,22)/t12-/m0/s1. The highest BCUT2D eigenvalue weighted by molar-refractivity contribution is 5.92. The van der Waals surface area contributed by atoms with Crippen LogP contribution < -0.4 is 25.3 Å². The van der Waals surface area contributed by atoms with Crippen LogP contribution in [-0.4, -0.2) is 31.6 Å². The molecule has 136 valence electrons. The Bertz CT molecular complexity index is 804. The van der Waals surface area contributed by atoms with Gasteiger partial charge in [0.05, 0.1) is 6.04 Å². The average Bonchev–Trinajstić information content (AvgIpc) is 2.66. The van der Waals surface area contributed by atoms with Gasteiger partial charge in [0, 0.05) is 5.56 Å². The Hall–Kier alpha value is -3.22. The molecule has 0 saturated carbocycles. The minimum atomic E-state index is -0.512. The minimum absolute atomic E-state index is 0.134. The predicted octanol–water partition coefficient (Wildman–Crippen LogP) is 1.81. The topological polar surface area (TPSA) is 99.9 Å². The first kappa shape index (κ1) is 17.6. The third-order valence-corrected chi connectivity index (χ3v) is 3.95. The lowest BCUT2D eigenvalue weighted by Crippen LogP contribution is -2.31. The van der Waals surface area contributed by atoms with Crippen molar-refractivity contribution in [2.24, 2.45) is 5.73 Å².